The molecular weight excluding hydrogens is 503 g/mol. The van der Waals surface area contributed by atoms with E-state index >= 15 is 0 Å². The lowest BCUT2D eigenvalue weighted by molar-refractivity contribution is 0.582. The number of hydrogen-bond acceptors (Lipinski definition) is 5. The van der Waals surface area contributed by atoms with Gasteiger partial charge in [-0.25, -0.2) is 13.1 Å². The number of thiophene rings is 2. The normalized spacial score (nSPS) is 11.8. The van der Waals surface area contributed by atoms with Crippen molar-refractivity contribution >= 4 is 74.2 Å². The van der Waals surface area contributed by atoms with E-state index in [4.69, 9.17) is 11.6 Å². The molecule has 0 atom stereocenters. The predicted octanol–water partition coefficient (Wildman–Crippen LogP) is 2.72. The third-order valence-electron chi connectivity index (χ3n) is 2.76. The summed E-state index contributed by atoms with van der Waals surface area (Å²) in [4.78, 5) is 5.29. The second kappa shape index (κ2) is 10.6. The van der Waals surface area contributed by atoms with Gasteiger partial charge in [0.25, 0.3) is 0 Å². The van der Waals surface area contributed by atoms with Crippen molar-refractivity contribution in [1.29, 1.82) is 0 Å². The zero-order valence-electron chi connectivity index (χ0n) is 12.8. The summed E-state index contributed by atoms with van der Waals surface area (Å²) < 4.78 is 27.2. The van der Waals surface area contributed by atoms with Crippen LogP contribution in [-0.2, 0) is 16.6 Å². The fraction of sp³-hybridized carbons (Fsp3) is 0.308. The first kappa shape index (κ1) is 21.6. The van der Waals surface area contributed by atoms with Crippen LogP contribution in [0.3, 0.4) is 0 Å². The monoisotopic (exact) mass is 520 g/mol. The highest BCUT2D eigenvalue weighted by Gasteiger charge is 2.15. The Balaban J connectivity index is 0.00000288. The highest BCUT2D eigenvalue weighted by atomic mass is 127. The van der Waals surface area contributed by atoms with Crippen molar-refractivity contribution in [2.24, 2.45) is 4.99 Å². The van der Waals surface area contributed by atoms with Crippen LogP contribution in [0, 0.1) is 0 Å². The molecule has 0 radical (unpaired) electrons. The molecular formula is C13H18ClIN4O2S3. The van der Waals surface area contributed by atoms with Gasteiger partial charge in [-0.2, -0.15) is 0 Å². The van der Waals surface area contributed by atoms with Crippen LogP contribution in [0.15, 0.2) is 38.8 Å². The van der Waals surface area contributed by atoms with Crippen LogP contribution in [0.1, 0.15) is 4.88 Å². The fourth-order valence-electron chi connectivity index (χ4n) is 1.68. The maximum atomic E-state index is 12.0. The van der Waals surface area contributed by atoms with Crippen LogP contribution in [0.2, 0.25) is 4.34 Å². The quantitative estimate of drug-likeness (QED) is 0.227. The first-order valence-corrected chi connectivity index (χ1v) is 10.3. The van der Waals surface area contributed by atoms with Crippen molar-refractivity contribution in [2.75, 3.05) is 20.1 Å². The summed E-state index contributed by atoms with van der Waals surface area (Å²) in [7, 11) is -1.84. The summed E-state index contributed by atoms with van der Waals surface area (Å²) >= 11 is 8.45. The van der Waals surface area contributed by atoms with E-state index in [1.807, 2.05) is 17.5 Å². The van der Waals surface area contributed by atoms with Gasteiger partial charge >= 0.3 is 0 Å². The zero-order chi connectivity index (χ0) is 16.7. The third kappa shape index (κ3) is 6.84. The molecule has 0 saturated carbocycles. The molecule has 3 N–H and O–H groups in total. The molecule has 0 unspecified atom stereocenters. The standard InChI is InChI=1S/C13H17ClN4O2S3.HI/c1-15-13(17-9-10-3-2-8-21-10)16-6-7-18-23(19,20)12-5-4-11(14)22-12;/h2-5,8,18H,6-7,9H2,1H3,(H2,15,16,17);1H. The summed E-state index contributed by atoms with van der Waals surface area (Å²) in [6.45, 7) is 1.34. The van der Waals surface area contributed by atoms with Crippen molar-refractivity contribution in [1.82, 2.24) is 15.4 Å². The molecule has 6 nitrogen and oxygen atoms in total. The van der Waals surface area contributed by atoms with Gasteiger partial charge in [0.2, 0.25) is 10.0 Å². The molecule has 0 aromatic carbocycles. The second-order valence-corrected chi connectivity index (χ2v) is 9.13. The maximum absolute atomic E-state index is 12.0. The van der Waals surface area contributed by atoms with Gasteiger partial charge in [-0.15, -0.1) is 46.7 Å². The molecule has 134 valence electrons. The molecule has 0 aliphatic carbocycles. The Morgan fingerprint density at radius 3 is 2.62 bits per heavy atom. The van der Waals surface area contributed by atoms with E-state index in [1.165, 1.54) is 10.9 Å². The predicted molar refractivity (Wildman–Crippen MR) is 112 cm³/mol. The van der Waals surface area contributed by atoms with Crippen molar-refractivity contribution in [3.8, 4) is 0 Å². The van der Waals surface area contributed by atoms with Gasteiger partial charge < -0.3 is 10.6 Å². The van der Waals surface area contributed by atoms with E-state index in [2.05, 4.69) is 20.3 Å². The van der Waals surface area contributed by atoms with E-state index in [9.17, 15) is 8.42 Å². The van der Waals surface area contributed by atoms with Crippen LogP contribution in [-0.4, -0.2) is 34.5 Å². The van der Waals surface area contributed by atoms with E-state index in [1.54, 1.807) is 24.5 Å². The second-order valence-electron chi connectivity index (χ2n) is 4.39. The van der Waals surface area contributed by atoms with E-state index in [-0.39, 0.29) is 34.7 Å². The van der Waals surface area contributed by atoms with Gasteiger partial charge in [0.1, 0.15) is 4.21 Å². The summed E-state index contributed by atoms with van der Waals surface area (Å²) in [6, 6.07) is 7.08. The average molecular weight is 521 g/mol. The Hall–Kier alpha value is -0.400. The van der Waals surface area contributed by atoms with Gasteiger partial charge in [-0.05, 0) is 23.6 Å². The Morgan fingerprint density at radius 2 is 2.04 bits per heavy atom. The molecule has 2 aromatic heterocycles. The lowest BCUT2D eigenvalue weighted by Crippen LogP contribution is -2.41. The maximum Gasteiger partial charge on any atom is 0.250 e. The minimum absolute atomic E-state index is 0. The third-order valence-corrected chi connectivity index (χ3v) is 6.82. The van der Waals surface area contributed by atoms with Crippen molar-refractivity contribution in [3.63, 3.8) is 0 Å². The summed E-state index contributed by atoms with van der Waals surface area (Å²) in [6.07, 6.45) is 0. The average Bonchev–Trinajstić information content (AvgIpc) is 3.18. The molecule has 0 bridgehead atoms. The lowest BCUT2D eigenvalue weighted by atomic mass is 10.5. The van der Waals surface area contributed by atoms with Crippen LogP contribution in [0.5, 0.6) is 0 Å². The molecule has 2 rings (SSSR count). The topological polar surface area (TPSA) is 82.6 Å². The number of aliphatic imine (C=N–C) groups is 1. The van der Waals surface area contributed by atoms with Gasteiger partial charge in [-0.3, -0.25) is 4.99 Å². The molecule has 0 aliphatic heterocycles. The minimum Gasteiger partial charge on any atom is -0.355 e. The molecule has 2 heterocycles. The van der Waals surface area contributed by atoms with Crippen LogP contribution in [0.4, 0.5) is 0 Å². The number of nitrogens with one attached hydrogen (secondary N) is 3. The number of rotatable bonds is 7. The van der Waals surface area contributed by atoms with Crippen molar-refractivity contribution in [3.05, 3.63) is 38.9 Å². The molecule has 24 heavy (non-hydrogen) atoms. The highest BCUT2D eigenvalue weighted by molar-refractivity contribution is 14.0. The number of hydrogen-bond donors (Lipinski definition) is 3. The summed E-state index contributed by atoms with van der Waals surface area (Å²) in [5, 5.41) is 8.23. The Morgan fingerprint density at radius 1 is 1.25 bits per heavy atom. The van der Waals surface area contributed by atoms with Crippen molar-refractivity contribution in [2.45, 2.75) is 10.8 Å². The molecule has 0 amide bonds. The molecule has 2 aromatic rings. The van der Waals surface area contributed by atoms with Crippen LogP contribution < -0.4 is 15.4 Å². The molecule has 0 spiro atoms. The minimum atomic E-state index is -3.51. The first-order valence-electron chi connectivity index (χ1n) is 6.73. The van der Waals surface area contributed by atoms with E-state index in [0.29, 0.717) is 23.4 Å². The lowest BCUT2D eigenvalue weighted by Gasteiger charge is -2.11. The number of guanidine groups is 1. The number of halogens is 2. The summed E-state index contributed by atoms with van der Waals surface area (Å²) in [5.41, 5.74) is 0. The number of nitrogens with zero attached hydrogens (tertiary/aromatic N) is 1. The largest absolute Gasteiger partial charge is 0.355 e. The van der Waals surface area contributed by atoms with Gasteiger partial charge in [0.15, 0.2) is 5.96 Å². The number of sulfonamides is 1. The highest BCUT2D eigenvalue weighted by Crippen LogP contribution is 2.25. The van der Waals surface area contributed by atoms with E-state index in [0.717, 1.165) is 11.3 Å². The van der Waals surface area contributed by atoms with Gasteiger partial charge in [-0.1, -0.05) is 17.7 Å². The smallest absolute Gasteiger partial charge is 0.250 e. The SMILES string of the molecule is CN=C(NCCNS(=O)(=O)c1ccc(Cl)s1)NCc1cccs1.I. The molecule has 0 aliphatic rings. The summed E-state index contributed by atoms with van der Waals surface area (Å²) in [5.74, 6) is 0.622. The Kier molecular flexibility index (Phi) is 9.52. The van der Waals surface area contributed by atoms with Crippen LogP contribution in [0.25, 0.3) is 0 Å². The zero-order valence-corrected chi connectivity index (χ0v) is 18.3. The molecule has 0 fully saturated rings. The molecule has 0 saturated heterocycles. The fourth-order valence-corrected chi connectivity index (χ4v) is 4.89. The molecule has 11 heteroatoms. The van der Waals surface area contributed by atoms with Gasteiger partial charge in [0, 0.05) is 25.0 Å². The Bertz CT molecular complexity index is 747. The van der Waals surface area contributed by atoms with Gasteiger partial charge in [0.05, 0.1) is 10.9 Å². The Labute approximate surface area is 171 Å². The van der Waals surface area contributed by atoms with Crippen molar-refractivity contribution < 1.29 is 8.42 Å². The van der Waals surface area contributed by atoms with Crippen LogP contribution >= 0.6 is 58.3 Å². The first-order chi connectivity index (χ1) is 11.0. The van der Waals surface area contributed by atoms with E-state index < -0.39 is 10.0 Å².